The van der Waals surface area contributed by atoms with E-state index in [1.54, 1.807) is 29.2 Å². The number of aryl methyl sites for hydroxylation is 1. The molecule has 0 radical (unpaired) electrons. The molecule has 1 atom stereocenters. The SMILES string of the molecule is CCc1ccc(N2C[C@@H](C(=O)NNC(=O)c3ccc(Cl)cc3)CC2=O)cc1. The molecule has 0 unspecified atom stereocenters. The molecule has 0 aliphatic carbocycles. The van der Waals surface area contributed by atoms with Gasteiger partial charge in [-0.2, -0.15) is 0 Å². The molecule has 1 fully saturated rings. The number of hydrogen-bond acceptors (Lipinski definition) is 3. The molecule has 2 N–H and O–H groups in total. The van der Waals surface area contributed by atoms with Gasteiger partial charge in [-0.25, -0.2) is 0 Å². The highest BCUT2D eigenvalue weighted by atomic mass is 35.5. The largest absolute Gasteiger partial charge is 0.312 e. The van der Waals surface area contributed by atoms with Crippen molar-refractivity contribution in [3.63, 3.8) is 0 Å². The molecular weight excluding hydrogens is 366 g/mol. The number of anilines is 1. The number of carbonyl (C=O) groups excluding carboxylic acids is 3. The van der Waals surface area contributed by atoms with Gasteiger partial charge in [0.1, 0.15) is 0 Å². The molecular formula is C20H20ClN3O3. The molecule has 0 bridgehead atoms. The minimum atomic E-state index is -0.520. The van der Waals surface area contributed by atoms with E-state index in [2.05, 4.69) is 17.8 Å². The van der Waals surface area contributed by atoms with Crippen LogP contribution in [0.4, 0.5) is 5.69 Å². The van der Waals surface area contributed by atoms with Gasteiger partial charge in [0.05, 0.1) is 5.92 Å². The second kappa shape index (κ2) is 8.22. The summed E-state index contributed by atoms with van der Waals surface area (Å²) in [6, 6.07) is 14.0. The van der Waals surface area contributed by atoms with Crippen LogP contribution in [0.15, 0.2) is 48.5 Å². The zero-order valence-corrected chi connectivity index (χ0v) is 15.6. The Morgan fingerprint density at radius 1 is 1.07 bits per heavy atom. The summed E-state index contributed by atoms with van der Waals surface area (Å²) in [4.78, 5) is 38.3. The van der Waals surface area contributed by atoms with Crippen LogP contribution in [0.5, 0.6) is 0 Å². The fourth-order valence-corrected chi connectivity index (χ4v) is 3.06. The predicted molar refractivity (Wildman–Crippen MR) is 103 cm³/mol. The normalized spacial score (nSPS) is 16.3. The Hall–Kier alpha value is -2.86. The predicted octanol–water partition coefficient (Wildman–Crippen LogP) is 2.72. The number of amides is 3. The van der Waals surface area contributed by atoms with Gasteiger partial charge in [-0.1, -0.05) is 30.7 Å². The number of nitrogens with one attached hydrogen (secondary N) is 2. The third-order valence-electron chi connectivity index (χ3n) is 4.56. The molecule has 0 spiro atoms. The van der Waals surface area contributed by atoms with E-state index in [4.69, 9.17) is 11.6 Å². The average Bonchev–Trinajstić information content (AvgIpc) is 3.08. The van der Waals surface area contributed by atoms with Crippen molar-refractivity contribution in [1.29, 1.82) is 0 Å². The van der Waals surface area contributed by atoms with Crippen LogP contribution in [0.3, 0.4) is 0 Å². The smallest absolute Gasteiger partial charge is 0.269 e. The van der Waals surface area contributed by atoms with Crippen molar-refractivity contribution >= 4 is 35.0 Å². The van der Waals surface area contributed by atoms with Gasteiger partial charge in [-0.15, -0.1) is 0 Å². The van der Waals surface area contributed by atoms with Gasteiger partial charge in [-0.3, -0.25) is 25.2 Å². The zero-order valence-electron chi connectivity index (χ0n) is 14.9. The molecule has 140 valence electrons. The molecule has 1 aliphatic rings. The van der Waals surface area contributed by atoms with E-state index in [9.17, 15) is 14.4 Å². The molecule has 7 heteroatoms. The summed E-state index contributed by atoms with van der Waals surface area (Å²) >= 11 is 5.79. The lowest BCUT2D eigenvalue weighted by molar-refractivity contribution is -0.126. The third-order valence-corrected chi connectivity index (χ3v) is 4.81. The fraction of sp³-hybridized carbons (Fsp3) is 0.250. The monoisotopic (exact) mass is 385 g/mol. The van der Waals surface area contributed by atoms with Crippen LogP contribution in [-0.4, -0.2) is 24.3 Å². The molecule has 1 saturated heterocycles. The van der Waals surface area contributed by atoms with Crippen molar-refractivity contribution in [3.8, 4) is 0 Å². The van der Waals surface area contributed by atoms with Crippen LogP contribution < -0.4 is 15.8 Å². The number of nitrogens with zero attached hydrogens (tertiary/aromatic N) is 1. The van der Waals surface area contributed by atoms with Crippen LogP contribution in [0, 0.1) is 5.92 Å². The minimum Gasteiger partial charge on any atom is -0.312 e. The van der Waals surface area contributed by atoms with E-state index >= 15 is 0 Å². The van der Waals surface area contributed by atoms with Gasteiger partial charge in [0.2, 0.25) is 11.8 Å². The van der Waals surface area contributed by atoms with Gasteiger partial charge in [0.25, 0.3) is 5.91 Å². The average molecular weight is 386 g/mol. The number of hydrazine groups is 1. The van der Waals surface area contributed by atoms with Crippen molar-refractivity contribution in [2.24, 2.45) is 5.92 Å². The van der Waals surface area contributed by atoms with Gasteiger partial charge in [0.15, 0.2) is 0 Å². The van der Waals surface area contributed by atoms with Crippen LogP contribution in [0.1, 0.15) is 29.3 Å². The highest BCUT2D eigenvalue weighted by Gasteiger charge is 2.35. The summed E-state index contributed by atoms with van der Waals surface area (Å²) in [6.45, 7) is 2.35. The number of rotatable bonds is 4. The first-order valence-electron chi connectivity index (χ1n) is 8.73. The Morgan fingerprint density at radius 2 is 1.74 bits per heavy atom. The summed E-state index contributed by atoms with van der Waals surface area (Å²) in [7, 11) is 0. The molecule has 1 heterocycles. The van der Waals surface area contributed by atoms with Crippen LogP contribution >= 0.6 is 11.6 Å². The Kier molecular flexibility index (Phi) is 5.76. The topological polar surface area (TPSA) is 78.5 Å². The molecule has 0 aromatic heterocycles. The standard InChI is InChI=1S/C20H20ClN3O3/c1-2-13-3-9-17(10-4-13)24-12-15(11-18(24)25)20(27)23-22-19(26)14-5-7-16(21)8-6-14/h3-10,15H,2,11-12H2,1H3,(H,22,26)(H,23,27)/t15-/m0/s1. The molecule has 3 rings (SSSR count). The summed E-state index contributed by atoms with van der Waals surface area (Å²) < 4.78 is 0. The highest BCUT2D eigenvalue weighted by molar-refractivity contribution is 6.30. The minimum absolute atomic E-state index is 0.108. The van der Waals surface area contributed by atoms with Gasteiger partial charge in [-0.05, 0) is 48.4 Å². The van der Waals surface area contributed by atoms with Crippen molar-refractivity contribution in [2.45, 2.75) is 19.8 Å². The van der Waals surface area contributed by atoms with Crippen molar-refractivity contribution in [2.75, 3.05) is 11.4 Å². The lowest BCUT2D eigenvalue weighted by Crippen LogP contribution is -2.45. The molecule has 27 heavy (non-hydrogen) atoms. The Bertz CT molecular complexity index is 850. The Balaban J connectivity index is 1.56. The summed E-state index contributed by atoms with van der Waals surface area (Å²) in [6.07, 6.45) is 1.03. The van der Waals surface area contributed by atoms with E-state index in [1.165, 1.54) is 5.56 Å². The van der Waals surface area contributed by atoms with Crippen molar-refractivity contribution < 1.29 is 14.4 Å². The number of hydrogen-bond donors (Lipinski definition) is 2. The third kappa shape index (κ3) is 4.46. The van der Waals surface area contributed by atoms with Crippen molar-refractivity contribution in [3.05, 3.63) is 64.7 Å². The Morgan fingerprint density at radius 3 is 2.37 bits per heavy atom. The van der Waals surface area contributed by atoms with Crippen LogP contribution in [-0.2, 0) is 16.0 Å². The van der Waals surface area contributed by atoms with Gasteiger partial charge >= 0.3 is 0 Å². The number of carbonyl (C=O) groups is 3. The maximum Gasteiger partial charge on any atom is 0.269 e. The number of halogens is 1. The van der Waals surface area contributed by atoms with E-state index in [0.29, 0.717) is 10.6 Å². The first-order chi connectivity index (χ1) is 13.0. The molecule has 2 aromatic carbocycles. The van der Waals surface area contributed by atoms with E-state index in [-0.39, 0.29) is 18.9 Å². The van der Waals surface area contributed by atoms with Gasteiger partial charge < -0.3 is 4.90 Å². The molecule has 6 nitrogen and oxygen atoms in total. The second-order valence-corrected chi connectivity index (χ2v) is 6.81. The van der Waals surface area contributed by atoms with E-state index in [0.717, 1.165) is 12.1 Å². The molecule has 1 aliphatic heterocycles. The quantitative estimate of drug-likeness (QED) is 0.794. The summed E-state index contributed by atoms with van der Waals surface area (Å²) in [5.41, 5.74) is 7.10. The zero-order chi connectivity index (χ0) is 19.4. The maximum absolute atomic E-state index is 12.3. The lowest BCUT2D eigenvalue weighted by Gasteiger charge is -2.17. The Labute approximate surface area is 162 Å². The molecule has 0 saturated carbocycles. The first-order valence-corrected chi connectivity index (χ1v) is 9.10. The van der Waals surface area contributed by atoms with Crippen LogP contribution in [0.25, 0.3) is 0 Å². The number of benzene rings is 2. The second-order valence-electron chi connectivity index (χ2n) is 6.38. The van der Waals surface area contributed by atoms with Crippen molar-refractivity contribution in [1.82, 2.24) is 10.9 Å². The van der Waals surface area contributed by atoms with Gasteiger partial charge in [0, 0.05) is 29.2 Å². The fourth-order valence-electron chi connectivity index (χ4n) is 2.94. The van der Waals surface area contributed by atoms with Crippen LogP contribution in [0.2, 0.25) is 5.02 Å². The van der Waals surface area contributed by atoms with E-state index in [1.807, 2.05) is 24.3 Å². The summed E-state index contributed by atoms with van der Waals surface area (Å²) in [5.74, 6) is -1.47. The molecule has 3 amide bonds. The maximum atomic E-state index is 12.3. The highest BCUT2D eigenvalue weighted by Crippen LogP contribution is 2.25. The lowest BCUT2D eigenvalue weighted by atomic mass is 10.1. The summed E-state index contributed by atoms with van der Waals surface area (Å²) in [5, 5.41) is 0.520. The molecule has 2 aromatic rings. The first kappa shape index (κ1) is 18.9. The van der Waals surface area contributed by atoms with E-state index < -0.39 is 17.7 Å².